The van der Waals surface area contributed by atoms with Crippen LogP contribution < -0.4 is 15.2 Å². The summed E-state index contributed by atoms with van der Waals surface area (Å²) in [6.45, 7) is 0.110. The Labute approximate surface area is 154 Å². The second-order valence-electron chi connectivity index (χ2n) is 5.77. The molecule has 0 radical (unpaired) electrons. The van der Waals surface area contributed by atoms with Gasteiger partial charge in [0.1, 0.15) is 18.1 Å². The van der Waals surface area contributed by atoms with E-state index in [1.165, 1.54) is 12.1 Å². The van der Waals surface area contributed by atoms with Crippen molar-refractivity contribution in [1.82, 2.24) is 19.7 Å². The maximum absolute atomic E-state index is 13.5. The lowest BCUT2D eigenvalue weighted by Crippen LogP contribution is -2.08. The summed E-state index contributed by atoms with van der Waals surface area (Å²) in [5, 5.41) is 4.83. The van der Waals surface area contributed by atoms with E-state index in [0.717, 1.165) is 5.69 Å². The fraction of sp³-hybridized carbons (Fsp3) is 0.105. The van der Waals surface area contributed by atoms with E-state index < -0.39 is 0 Å². The third-order valence-electron chi connectivity index (χ3n) is 4.02. The zero-order valence-electron chi connectivity index (χ0n) is 14.5. The van der Waals surface area contributed by atoms with Crippen LogP contribution in [0.4, 0.5) is 10.2 Å². The van der Waals surface area contributed by atoms with Crippen molar-refractivity contribution in [3.8, 4) is 17.3 Å². The van der Waals surface area contributed by atoms with E-state index in [4.69, 9.17) is 15.2 Å². The van der Waals surface area contributed by atoms with Gasteiger partial charge in [-0.05, 0) is 36.4 Å². The van der Waals surface area contributed by atoms with Crippen molar-refractivity contribution in [2.75, 3.05) is 12.8 Å². The standard InChI is InChI=1S/C19H16FN5O2/c1-26-18-6-5-16(25-8-2-7-22-25)15(23-18)11-27-17-10-12-9-13(20)3-4-14(12)24-19(17)21/h2-10H,11H2,1H3,(H2,21,24). The van der Waals surface area contributed by atoms with Crippen molar-refractivity contribution >= 4 is 16.7 Å². The number of nitrogen functional groups attached to an aromatic ring is 1. The van der Waals surface area contributed by atoms with Gasteiger partial charge in [-0.25, -0.2) is 19.0 Å². The van der Waals surface area contributed by atoms with Gasteiger partial charge in [0.05, 0.1) is 18.3 Å². The van der Waals surface area contributed by atoms with Crippen LogP contribution in [0.5, 0.6) is 11.6 Å². The number of ether oxygens (including phenoxy) is 2. The van der Waals surface area contributed by atoms with Gasteiger partial charge in [-0.1, -0.05) is 0 Å². The molecule has 0 aliphatic heterocycles. The summed E-state index contributed by atoms with van der Waals surface area (Å²) < 4.78 is 26.2. The molecule has 0 saturated heterocycles. The fourth-order valence-electron chi connectivity index (χ4n) is 2.72. The average molecular weight is 365 g/mol. The lowest BCUT2D eigenvalue weighted by molar-refractivity contribution is 0.298. The summed E-state index contributed by atoms with van der Waals surface area (Å²) >= 11 is 0. The normalized spacial score (nSPS) is 10.9. The maximum Gasteiger partial charge on any atom is 0.213 e. The van der Waals surface area contributed by atoms with Crippen LogP contribution in [0.1, 0.15) is 5.69 Å². The van der Waals surface area contributed by atoms with Gasteiger partial charge < -0.3 is 15.2 Å². The average Bonchev–Trinajstić information content (AvgIpc) is 3.21. The highest BCUT2D eigenvalue weighted by Crippen LogP contribution is 2.27. The van der Waals surface area contributed by atoms with Gasteiger partial charge in [0.15, 0.2) is 11.6 Å². The lowest BCUT2D eigenvalue weighted by atomic mass is 10.2. The number of methoxy groups -OCH3 is 1. The molecule has 0 aliphatic rings. The molecule has 0 amide bonds. The van der Waals surface area contributed by atoms with E-state index in [2.05, 4.69) is 15.1 Å². The van der Waals surface area contributed by atoms with E-state index in [1.807, 2.05) is 18.3 Å². The molecule has 1 aromatic carbocycles. The monoisotopic (exact) mass is 365 g/mol. The summed E-state index contributed by atoms with van der Waals surface area (Å²) in [7, 11) is 1.54. The molecule has 136 valence electrons. The first-order valence-electron chi connectivity index (χ1n) is 8.16. The summed E-state index contributed by atoms with van der Waals surface area (Å²) in [6, 6.07) is 11.4. The molecule has 0 aliphatic carbocycles. The highest BCUT2D eigenvalue weighted by molar-refractivity contribution is 5.82. The first-order valence-corrected chi connectivity index (χ1v) is 8.16. The molecule has 27 heavy (non-hydrogen) atoms. The van der Waals surface area contributed by atoms with E-state index in [9.17, 15) is 4.39 Å². The molecule has 0 atom stereocenters. The maximum atomic E-state index is 13.5. The molecule has 8 heteroatoms. The molecular formula is C19H16FN5O2. The smallest absolute Gasteiger partial charge is 0.213 e. The van der Waals surface area contributed by atoms with Crippen LogP contribution in [-0.4, -0.2) is 26.9 Å². The minimum absolute atomic E-state index is 0.110. The number of aromatic nitrogens is 4. The zero-order chi connectivity index (χ0) is 18.8. The lowest BCUT2D eigenvalue weighted by Gasteiger charge is -2.13. The van der Waals surface area contributed by atoms with Gasteiger partial charge in [-0.15, -0.1) is 0 Å². The van der Waals surface area contributed by atoms with E-state index in [0.29, 0.717) is 28.2 Å². The van der Waals surface area contributed by atoms with Crippen molar-refractivity contribution in [3.05, 3.63) is 66.4 Å². The second-order valence-corrected chi connectivity index (χ2v) is 5.77. The zero-order valence-corrected chi connectivity index (χ0v) is 14.5. The third-order valence-corrected chi connectivity index (χ3v) is 4.02. The molecule has 7 nitrogen and oxygen atoms in total. The topological polar surface area (TPSA) is 88.1 Å². The van der Waals surface area contributed by atoms with Gasteiger partial charge in [-0.3, -0.25) is 0 Å². The number of benzene rings is 1. The molecule has 4 aromatic rings. The summed E-state index contributed by atoms with van der Waals surface area (Å²) in [6.07, 6.45) is 3.48. The van der Waals surface area contributed by atoms with Gasteiger partial charge in [0, 0.05) is 23.8 Å². The first-order chi connectivity index (χ1) is 13.1. The predicted molar refractivity (Wildman–Crippen MR) is 98.4 cm³/mol. The Bertz CT molecular complexity index is 1100. The number of hydrogen-bond donors (Lipinski definition) is 1. The Balaban J connectivity index is 1.67. The van der Waals surface area contributed by atoms with Gasteiger partial charge >= 0.3 is 0 Å². The predicted octanol–water partition coefficient (Wildman–Crippen LogP) is 3.12. The van der Waals surface area contributed by atoms with Gasteiger partial charge in [0.25, 0.3) is 0 Å². The molecule has 0 saturated carbocycles. The first kappa shape index (κ1) is 16.8. The van der Waals surface area contributed by atoms with Crippen LogP contribution in [0.2, 0.25) is 0 Å². The molecule has 0 fully saturated rings. The van der Waals surface area contributed by atoms with Crippen molar-refractivity contribution in [2.45, 2.75) is 6.61 Å². The Morgan fingerprint density at radius 1 is 1.15 bits per heavy atom. The molecule has 3 heterocycles. The van der Waals surface area contributed by atoms with Gasteiger partial charge in [0.2, 0.25) is 5.88 Å². The summed E-state index contributed by atoms with van der Waals surface area (Å²) in [5.41, 5.74) is 7.94. The Morgan fingerprint density at radius 3 is 2.81 bits per heavy atom. The van der Waals surface area contributed by atoms with Crippen LogP contribution in [0, 0.1) is 5.82 Å². The molecule has 0 spiro atoms. The van der Waals surface area contributed by atoms with E-state index in [1.54, 1.807) is 36.2 Å². The third kappa shape index (κ3) is 3.37. The molecule has 3 aromatic heterocycles. The van der Waals surface area contributed by atoms with Crippen molar-refractivity contribution in [3.63, 3.8) is 0 Å². The minimum atomic E-state index is -0.351. The molecule has 2 N–H and O–H groups in total. The Kier molecular flexibility index (Phi) is 4.29. The molecule has 4 rings (SSSR count). The number of fused-ring (bicyclic) bond motifs is 1. The van der Waals surface area contributed by atoms with Crippen LogP contribution in [0.15, 0.2) is 54.9 Å². The van der Waals surface area contributed by atoms with Crippen LogP contribution in [-0.2, 0) is 6.61 Å². The molecule has 0 bridgehead atoms. The second kappa shape index (κ2) is 6.91. The van der Waals surface area contributed by atoms with E-state index in [-0.39, 0.29) is 18.2 Å². The highest BCUT2D eigenvalue weighted by Gasteiger charge is 2.12. The summed E-state index contributed by atoms with van der Waals surface area (Å²) in [4.78, 5) is 8.70. The number of halogens is 1. The highest BCUT2D eigenvalue weighted by atomic mass is 19.1. The number of hydrogen-bond acceptors (Lipinski definition) is 6. The van der Waals surface area contributed by atoms with Crippen molar-refractivity contribution < 1.29 is 13.9 Å². The van der Waals surface area contributed by atoms with Crippen LogP contribution >= 0.6 is 0 Å². The fourth-order valence-corrected chi connectivity index (χ4v) is 2.72. The summed E-state index contributed by atoms with van der Waals surface area (Å²) in [5.74, 6) is 0.674. The van der Waals surface area contributed by atoms with E-state index >= 15 is 0 Å². The molecule has 0 unspecified atom stereocenters. The van der Waals surface area contributed by atoms with Crippen LogP contribution in [0.3, 0.4) is 0 Å². The van der Waals surface area contributed by atoms with Gasteiger partial charge in [-0.2, -0.15) is 5.10 Å². The van der Waals surface area contributed by atoms with Crippen LogP contribution in [0.25, 0.3) is 16.6 Å². The Morgan fingerprint density at radius 2 is 2.04 bits per heavy atom. The van der Waals surface area contributed by atoms with Crippen molar-refractivity contribution in [2.24, 2.45) is 0 Å². The number of nitrogens with zero attached hydrogens (tertiary/aromatic N) is 4. The quantitative estimate of drug-likeness (QED) is 0.585. The number of anilines is 1. The largest absolute Gasteiger partial charge is 0.483 e. The number of nitrogens with two attached hydrogens (primary N) is 1. The molecular weight excluding hydrogens is 349 g/mol. The number of pyridine rings is 2. The Hall–Kier alpha value is -3.68. The van der Waals surface area contributed by atoms with Crippen molar-refractivity contribution in [1.29, 1.82) is 0 Å². The minimum Gasteiger partial charge on any atom is -0.483 e. The number of rotatable bonds is 5. The SMILES string of the molecule is COc1ccc(-n2cccn2)c(COc2cc3cc(F)ccc3nc2N)n1.